The van der Waals surface area contributed by atoms with Crippen LogP contribution in [-0.4, -0.2) is 22.7 Å². The van der Waals surface area contributed by atoms with Crippen LogP contribution >= 0.6 is 23.1 Å². The summed E-state index contributed by atoms with van der Waals surface area (Å²) >= 11 is 2.97. The molecule has 1 N–H and O–H groups in total. The van der Waals surface area contributed by atoms with Gasteiger partial charge >= 0.3 is 0 Å². The summed E-state index contributed by atoms with van der Waals surface area (Å²) < 4.78 is 6.22. The second-order valence-corrected chi connectivity index (χ2v) is 7.67. The minimum atomic E-state index is -0.236. The molecule has 5 nitrogen and oxygen atoms in total. The van der Waals surface area contributed by atoms with Crippen molar-refractivity contribution in [1.29, 1.82) is 0 Å². The fourth-order valence-corrected chi connectivity index (χ4v) is 3.91. The van der Waals surface area contributed by atoms with Crippen molar-refractivity contribution in [3.63, 3.8) is 0 Å². The molecule has 0 aliphatic carbocycles. The van der Waals surface area contributed by atoms with E-state index in [4.69, 9.17) is 4.74 Å². The summed E-state index contributed by atoms with van der Waals surface area (Å²) in [7, 11) is 0. The molecule has 7 heteroatoms. The fourth-order valence-electron chi connectivity index (χ4n) is 2.20. The number of nitrogens with zero attached hydrogens (tertiary/aromatic N) is 2. The van der Waals surface area contributed by atoms with E-state index in [9.17, 15) is 4.79 Å². The molecule has 0 aliphatic rings. The van der Waals surface area contributed by atoms with Crippen LogP contribution in [0.2, 0.25) is 0 Å². The highest BCUT2D eigenvalue weighted by Crippen LogP contribution is 2.28. The van der Waals surface area contributed by atoms with Crippen LogP contribution in [0, 0.1) is 0 Å². The second-order valence-electron chi connectivity index (χ2n) is 5.47. The Balaban J connectivity index is 1.49. The molecule has 2 aromatic carbocycles. The van der Waals surface area contributed by atoms with Gasteiger partial charge in [-0.2, -0.15) is 0 Å². The minimum absolute atomic E-state index is 0.236. The van der Waals surface area contributed by atoms with Gasteiger partial charge < -0.3 is 4.74 Å². The summed E-state index contributed by atoms with van der Waals surface area (Å²) in [6.07, 6.45) is 3.23. The molecule has 138 valence electrons. The number of carbonyl (C=O) groups is 1. The van der Waals surface area contributed by atoms with Gasteiger partial charge in [-0.3, -0.25) is 10.1 Å². The summed E-state index contributed by atoms with van der Waals surface area (Å²) in [5, 5.41) is 11.4. The third-order valence-electron chi connectivity index (χ3n) is 3.46. The van der Waals surface area contributed by atoms with Crippen LogP contribution in [0.1, 0.15) is 18.1 Å². The Morgan fingerprint density at radius 2 is 1.93 bits per heavy atom. The van der Waals surface area contributed by atoms with Gasteiger partial charge in [0.2, 0.25) is 11.0 Å². The van der Waals surface area contributed by atoms with Crippen molar-refractivity contribution in [2.75, 3.05) is 11.9 Å². The van der Waals surface area contributed by atoms with E-state index >= 15 is 0 Å². The van der Waals surface area contributed by atoms with E-state index in [1.165, 1.54) is 23.0 Å². The third-order valence-corrected chi connectivity index (χ3v) is 5.50. The lowest BCUT2D eigenvalue weighted by molar-refractivity contribution is -0.111. The van der Waals surface area contributed by atoms with E-state index in [0.29, 0.717) is 11.7 Å². The Kier molecular flexibility index (Phi) is 7.01. The first-order valence-corrected chi connectivity index (χ1v) is 10.3. The van der Waals surface area contributed by atoms with Crippen molar-refractivity contribution in [2.24, 2.45) is 0 Å². The third kappa shape index (κ3) is 6.23. The van der Waals surface area contributed by atoms with Gasteiger partial charge in [-0.25, -0.2) is 0 Å². The number of benzene rings is 2. The normalized spacial score (nSPS) is 10.9. The first-order valence-electron chi connectivity index (χ1n) is 8.45. The van der Waals surface area contributed by atoms with Crippen LogP contribution in [0.4, 0.5) is 5.13 Å². The molecule has 0 spiro atoms. The molecule has 27 heavy (non-hydrogen) atoms. The first kappa shape index (κ1) is 19.1. The molecule has 0 saturated heterocycles. The number of rotatable bonds is 8. The highest BCUT2D eigenvalue weighted by molar-refractivity contribution is 8.00. The zero-order valence-electron chi connectivity index (χ0n) is 14.8. The van der Waals surface area contributed by atoms with Crippen molar-refractivity contribution < 1.29 is 9.53 Å². The van der Waals surface area contributed by atoms with Gasteiger partial charge in [0.15, 0.2) is 4.34 Å². The van der Waals surface area contributed by atoms with Crippen molar-refractivity contribution in [2.45, 2.75) is 17.0 Å². The molecule has 0 aliphatic heterocycles. The lowest BCUT2D eigenvalue weighted by atomic mass is 10.2. The van der Waals surface area contributed by atoms with Crippen LogP contribution in [0.3, 0.4) is 0 Å². The Morgan fingerprint density at radius 3 is 2.67 bits per heavy atom. The van der Waals surface area contributed by atoms with Gasteiger partial charge in [0.25, 0.3) is 0 Å². The van der Waals surface area contributed by atoms with Crippen LogP contribution in [0.15, 0.2) is 65.0 Å². The molecule has 1 aromatic heterocycles. The van der Waals surface area contributed by atoms with Gasteiger partial charge in [-0.05, 0) is 36.3 Å². The predicted molar refractivity (Wildman–Crippen MR) is 111 cm³/mol. The lowest BCUT2D eigenvalue weighted by Gasteiger charge is -2.02. The van der Waals surface area contributed by atoms with Crippen molar-refractivity contribution in [3.8, 4) is 5.75 Å². The maximum atomic E-state index is 12.1. The molecule has 0 fully saturated rings. The average Bonchev–Trinajstić information content (AvgIpc) is 3.14. The smallest absolute Gasteiger partial charge is 0.250 e. The van der Waals surface area contributed by atoms with Gasteiger partial charge in [0, 0.05) is 11.8 Å². The second kappa shape index (κ2) is 9.89. The number of anilines is 1. The number of aromatic nitrogens is 2. The molecule has 1 amide bonds. The van der Waals surface area contributed by atoms with E-state index in [-0.39, 0.29) is 5.91 Å². The van der Waals surface area contributed by atoms with E-state index in [2.05, 4.69) is 27.6 Å². The average molecular weight is 398 g/mol. The molecule has 0 bridgehead atoms. The summed E-state index contributed by atoms with van der Waals surface area (Å²) in [5.41, 5.74) is 2.14. The lowest BCUT2D eigenvalue weighted by Crippen LogP contribution is -2.07. The zero-order chi connectivity index (χ0) is 18.9. The largest absolute Gasteiger partial charge is 0.494 e. The van der Waals surface area contributed by atoms with E-state index in [1.54, 1.807) is 17.8 Å². The Hall–Kier alpha value is -2.64. The molecule has 0 saturated carbocycles. The van der Waals surface area contributed by atoms with E-state index in [1.807, 2.05) is 49.4 Å². The number of carbonyl (C=O) groups excluding carboxylic acids is 1. The summed E-state index contributed by atoms with van der Waals surface area (Å²) in [6, 6.07) is 17.7. The van der Waals surface area contributed by atoms with Crippen molar-refractivity contribution in [1.82, 2.24) is 10.2 Å². The number of nitrogens with one attached hydrogen (secondary N) is 1. The highest BCUT2D eigenvalue weighted by Gasteiger charge is 2.07. The molecule has 3 aromatic rings. The van der Waals surface area contributed by atoms with Crippen molar-refractivity contribution in [3.05, 3.63) is 71.8 Å². The van der Waals surface area contributed by atoms with E-state index < -0.39 is 0 Å². The maximum absolute atomic E-state index is 12.1. The van der Waals surface area contributed by atoms with Crippen LogP contribution in [0.5, 0.6) is 5.75 Å². The molecular formula is C20H19N3O2S2. The topological polar surface area (TPSA) is 64.1 Å². The Bertz CT molecular complexity index is 893. The molecule has 1 heterocycles. The maximum Gasteiger partial charge on any atom is 0.250 e. The molecule has 0 radical (unpaired) electrons. The summed E-state index contributed by atoms with van der Waals surface area (Å²) in [4.78, 5) is 12.1. The number of amides is 1. The van der Waals surface area contributed by atoms with Crippen LogP contribution < -0.4 is 10.1 Å². The van der Waals surface area contributed by atoms with Gasteiger partial charge in [-0.15, -0.1) is 10.2 Å². The predicted octanol–water partition coefficient (Wildman–Crippen LogP) is 4.88. The molecule has 3 rings (SSSR count). The van der Waals surface area contributed by atoms with Gasteiger partial charge in [-0.1, -0.05) is 65.6 Å². The van der Waals surface area contributed by atoms with Gasteiger partial charge in [0.1, 0.15) is 5.75 Å². The van der Waals surface area contributed by atoms with Crippen molar-refractivity contribution >= 4 is 40.2 Å². The quantitative estimate of drug-likeness (QED) is 0.333. The molecule has 0 unspecified atom stereocenters. The fraction of sp³-hybridized carbons (Fsp3) is 0.150. The number of thioether (sulfide) groups is 1. The minimum Gasteiger partial charge on any atom is -0.494 e. The Morgan fingerprint density at radius 1 is 1.15 bits per heavy atom. The standard InChI is InChI=1S/C20H19N3O2S2/c1-2-25-17-11-8-15(9-12-17)10-13-18(24)21-19-22-23-20(27-19)26-14-16-6-4-3-5-7-16/h3-13H,2,14H2,1H3,(H,21,22,24)/b13-10+. The molecular weight excluding hydrogens is 378 g/mol. The number of ether oxygens (including phenoxy) is 1. The zero-order valence-corrected chi connectivity index (χ0v) is 16.4. The van der Waals surface area contributed by atoms with Crippen LogP contribution in [0.25, 0.3) is 6.08 Å². The summed E-state index contributed by atoms with van der Waals surface area (Å²) in [5.74, 6) is 1.40. The monoisotopic (exact) mass is 397 g/mol. The number of hydrogen-bond acceptors (Lipinski definition) is 6. The van der Waals surface area contributed by atoms with Gasteiger partial charge in [0.05, 0.1) is 6.61 Å². The SMILES string of the molecule is CCOc1ccc(/C=C/C(=O)Nc2nnc(SCc3ccccc3)s2)cc1. The first-order chi connectivity index (χ1) is 13.2. The summed E-state index contributed by atoms with van der Waals surface area (Å²) in [6.45, 7) is 2.57. The van der Waals surface area contributed by atoms with E-state index in [0.717, 1.165) is 21.4 Å². The number of hydrogen-bond donors (Lipinski definition) is 1. The highest BCUT2D eigenvalue weighted by atomic mass is 32.2. The molecule has 0 atom stereocenters. The Labute approximate surface area is 166 Å². The van der Waals surface area contributed by atoms with Crippen LogP contribution in [-0.2, 0) is 10.5 Å².